The van der Waals surface area contributed by atoms with Gasteiger partial charge in [-0.05, 0) is 35.7 Å². The predicted octanol–water partition coefficient (Wildman–Crippen LogP) is 4.70. The van der Waals surface area contributed by atoms with E-state index in [1.807, 2.05) is 42.5 Å². The number of benzene rings is 2. The Hall–Kier alpha value is -2.79. The minimum atomic E-state index is -0.477. The molecule has 0 bridgehead atoms. The van der Waals surface area contributed by atoms with Crippen LogP contribution < -0.4 is 0 Å². The lowest BCUT2D eigenvalue weighted by molar-refractivity contribution is -0.158. The molecule has 31 heavy (non-hydrogen) atoms. The molecule has 0 aliphatic carbocycles. The first-order valence-corrected chi connectivity index (χ1v) is 11.4. The number of nitrogens with zero attached hydrogens (tertiary/aromatic N) is 2. The molecule has 0 radical (unpaired) electrons. The van der Waals surface area contributed by atoms with Gasteiger partial charge in [-0.1, -0.05) is 61.7 Å². The highest BCUT2D eigenvalue weighted by Crippen LogP contribution is 2.42. The molecule has 2 aliphatic rings. The first kappa shape index (κ1) is 20.1. The summed E-state index contributed by atoms with van der Waals surface area (Å²) >= 11 is 6.13. The summed E-state index contributed by atoms with van der Waals surface area (Å²) in [6.07, 6.45) is 3.62. The van der Waals surface area contributed by atoms with E-state index >= 15 is 0 Å². The maximum Gasteiger partial charge on any atom is 0.246 e. The van der Waals surface area contributed by atoms with Crippen molar-refractivity contribution >= 4 is 34.3 Å². The third kappa shape index (κ3) is 3.41. The zero-order valence-electron chi connectivity index (χ0n) is 17.6. The van der Waals surface area contributed by atoms with E-state index in [1.54, 1.807) is 9.80 Å². The Morgan fingerprint density at radius 2 is 1.84 bits per heavy atom. The van der Waals surface area contributed by atoms with Crippen molar-refractivity contribution in [2.75, 3.05) is 13.1 Å². The van der Waals surface area contributed by atoms with E-state index in [2.05, 4.69) is 18.0 Å². The second kappa shape index (κ2) is 8.04. The van der Waals surface area contributed by atoms with Crippen molar-refractivity contribution in [3.63, 3.8) is 0 Å². The quantitative estimate of drug-likeness (QED) is 0.591. The van der Waals surface area contributed by atoms with Crippen LogP contribution >= 0.6 is 11.6 Å². The number of H-pyrrole nitrogens is 1. The zero-order valence-corrected chi connectivity index (χ0v) is 18.4. The van der Waals surface area contributed by atoms with E-state index in [4.69, 9.17) is 11.6 Å². The minimum absolute atomic E-state index is 0.00496. The molecule has 3 aromatic rings. The van der Waals surface area contributed by atoms with Gasteiger partial charge in [0.05, 0.1) is 12.6 Å². The SMILES string of the molecule is CCCCCN1CC(=O)N2C(Cc3c([nH]c4ccccc34)C2c2ccc(Cl)cc2)C1=O. The number of hydrogen-bond donors (Lipinski definition) is 1. The van der Waals surface area contributed by atoms with Gasteiger partial charge in [-0.15, -0.1) is 0 Å². The first-order valence-electron chi connectivity index (χ1n) is 11.0. The third-order valence-corrected chi connectivity index (χ3v) is 6.81. The molecule has 0 spiro atoms. The zero-order chi connectivity index (χ0) is 21.5. The Bertz CT molecular complexity index is 1140. The first-order chi connectivity index (χ1) is 15.1. The number of piperazine rings is 1. The molecular weight excluding hydrogens is 410 g/mol. The summed E-state index contributed by atoms with van der Waals surface area (Å²) in [6.45, 7) is 2.94. The van der Waals surface area contributed by atoms with E-state index < -0.39 is 6.04 Å². The number of aromatic nitrogens is 1. The summed E-state index contributed by atoms with van der Waals surface area (Å²) in [5.74, 6) is 0.0657. The minimum Gasteiger partial charge on any atom is -0.356 e. The molecular formula is C25H26ClN3O2. The van der Waals surface area contributed by atoms with Crippen LogP contribution in [-0.4, -0.2) is 45.7 Å². The average Bonchev–Trinajstić information content (AvgIpc) is 3.15. The summed E-state index contributed by atoms with van der Waals surface area (Å²) in [6, 6.07) is 15.0. The van der Waals surface area contributed by atoms with Crippen molar-refractivity contribution in [1.82, 2.24) is 14.8 Å². The molecule has 2 unspecified atom stereocenters. The monoisotopic (exact) mass is 435 g/mol. The van der Waals surface area contributed by atoms with E-state index in [9.17, 15) is 9.59 Å². The fraction of sp³-hybridized carbons (Fsp3) is 0.360. The number of amides is 2. The van der Waals surface area contributed by atoms with Gasteiger partial charge in [-0.25, -0.2) is 0 Å². The Labute approximate surface area is 187 Å². The van der Waals surface area contributed by atoms with Crippen molar-refractivity contribution < 1.29 is 9.59 Å². The van der Waals surface area contributed by atoms with Crippen LogP contribution in [0.1, 0.15) is 49.0 Å². The van der Waals surface area contributed by atoms with Gasteiger partial charge >= 0.3 is 0 Å². The highest BCUT2D eigenvalue weighted by molar-refractivity contribution is 6.30. The maximum atomic E-state index is 13.5. The second-order valence-corrected chi connectivity index (χ2v) is 8.94. The fourth-order valence-corrected chi connectivity index (χ4v) is 5.18. The Kier molecular flexibility index (Phi) is 5.22. The number of aromatic amines is 1. The van der Waals surface area contributed by atoms with Gasteiger partial charge in [0.25, 0.3) is 0 Å². The van der Waals surface area contributed by atoms with Gasteiger partial charge in [0.2, 0.25) is 11.8 Å². The van der Waals surface area contributed by atoms with Crippen LogP contribution in [0.5, 0.6) is 0 Å². The third-order valence-electron chi connectivity index (χ3n) is 6.56. The molecule has 5 nitrogen and oxygen atoms in total. The molecule has 6 heteroatoms. The molecule has 2 amide bonds. The van der Waals surface area contributed by atoms with Crippen LogP contribution in [0.4, 0.5) is 0 Å². The Morgan fingerprint density at radius 1 is 1.06 bits per heavy atom. The molecule has 1 N–H and O–H groups in total. The summed E-state index contributed by atoms with van der Waals surface area (Å²) in [5, 5.41) is 1.77. The molecule has 1 fully saturated rings. The molecule has 160 valence electrons. The van der Waals surface area contributed by atoms with Crippen molar-refractivity contribution in [3.8, 4) is 0 Å². The second-order valence-electron chi connectivity index (χ2n) is 8.50. The lowest BCUT2D eigenvalue weighted by Crippen LogP contribution is -2.63. The Morgan fingerprint density at radius 3 is 2.61 bits per heavy atom. The average molecular weight is 436 g/mol. The van der Waals surface area contributed by atoms with Gasteiger partial charge in [-0.3, -0.25) is 9.59 Å². The number of hydrogen-bond acceptors (Lipinski definition) is 2. The topological polar surface area (TPSA) is 56.4 Å². The van der Waals surface area contributed by atoms with E-state index in [1.165, 1.54) is 0 Å². The van der Waals surface area contributed by atoms with Gasteiger partial charge in [-0.2, -0.15) is 0 Å². The number of nitrogens with one attached hydrogen (secondary N) is 1. The molecule has 2 aliphatic heterocycles. The summed E-state index contributed by atoms with van der Waals surface area (Å²) in [4.78, 5) is 34.0. The molecule has 5 rings (SSSR count). The van der Waals surface area contributed by atoms with Crippen LogP contribution in [0.15, 0.2) is 48.5 Å². The number of carbonyl (C=O) groups is 2. The highest BCUT2D eigenvalue weighted by atomic mass is 35.5. The van der Waals surface area contributed by atoms with Crippen LogP contribution in [0.2, 0.25) is 5.02 Å². The lowest BCUT2D eigenvalue weighted by Gasteiger charge is -2.47. The summed E-state index contributed by atoms with van der Waals surface area (Å²) < 4.78 is 0. The van der Waals surface area contributed by atoms with Crippen molar-refractivity contribution in [2.24, 2.45) is 0 Å². The molecule has 2 atom stereocenters. The van der Waals surface area contributed by atoms with Gasteiger partial charge in [0.15, 0.2) is 0 Å². The van der Waals surface area contributed by atoms with Gasteiger partial charge in [0.1, 0.15) is 6.04 Å². The standard InChI is InChI=1S/C25H26ClN3O2/c1-2-3-6-13-28-15-22(30)29-21(25(28)31)14-19-18-7-4-5-8-20(18)27-23(19)24(29)16-9-11-17(26)12-10-16/h4-5,7-12,21,24,27H,2-3,6,13-15H2,1H3. The molecule has 1 aromatic heterocycles. The summed E-state index contributed by atoms with van der Waals surface area (Å²) in [7, 11) is 0. The number of halogens is 1. The van der Waals surface area contributed by atoms with Crippen molar-refractivity contribution in [1.29, 1.82) is 0 Å². The molecule has 3 heterocycles. The van der Waals surface area contributed by atoms with Crippen molar-refractivity contribution in [2.45, 2.75) is 44.7 Å². The number of para-hydroxylation sites is 1. The van der Waals surface area contributed by atoms with Crippen LogP contribution in [0.3, 0.4) is 0 Å². The Balaban J connectivity index is 1.61. The van der Waals surface area contributed by atoms with Gasteiger partial charge in [0, 0.05) is 34.6 Å². The smallest absolute Gasteiger partial charge is 0.246 e. The molecule has 0 saturated carbocycles. The fourth-order valence-electron chi connectivity index (χ4n) is 5.06. The predicted molar refractivity (Wildman–Crippen MR) is 122 cm³/mol. The molecule has 2 aromatic carbocycles. The normalized spacial score (nSPS) is 20.8. The van der Waals surface area contributed by atoms with Crippen LogP contribution in [0, 0.1) is 0 Å². The van der Waals surface area contributed by atoms with E-state index in [-0.39, 0.29) is 24.4 Å². The van der Waals surface area contributed by atoms with Crippen LogP contribution in [-0.2, 0) is 16.0 Å². The largest absolute Gasteiger partial charge is 0.356 e. The van der Waals surface area contributed by atoms with E-state index in [0.717, 1.165) is 47.0 Å². The summed E-state index contributed by atoms with van der Waals surface area (Å²) in [5.41, 5.74) is 4.13. The number of fused-ring (bicyclic) bond motifs is 4. The molecule has 1 saturated heterocycles. The van der Waals surface area contributed by atoms with E-state index in [0.29, 0.717) is 18.0 Å². The number of rotatable bonds is 5. The number of carbonyl (C=O) groups excluding carboxylic acids is 2. The maximum absolute atomic E-state index is 13.5. The van der Waals surface area contributed by atoms with Gasteiger partial charge < -0.3 is 14.8 Å². The number of unbranched alkanes of at least 4 members (excludes halogenated alkanes) is 2. The van der Waals surface area contributed by atoms with Crippen molar-refractivity contribution in [3.05, 3.63) is 70.4 Å². The van der Waals surface area contributed by atoms with Crippen LogP contribution in [0.25, 0.3) is 10.9 Å². The lowest BCUT2D eigenvalue weighted by atomic mass is 9.86. The highest BCUT2D eigenvalue weighted by Gasteiger charge is 2.47.